The molecule has 0 unspecified atom stereocenters. The average Bonchev–Trinajstić information content (AvgIpc) is 2.01. The van der Waals surface area contributed by atoms with E-state index in [0.717, 1.165) is 8.04 Å². The third-order valence-corrected chi connectivity index (χ3v) is 2.90. The van der Waals surface area contributed by atoms with Crippen molar-refractivity contribution in [2.75, 3.05) is 0 Å². The first-order valence-electron chi connectivity index (χ1n) is 3.64. The van der Waals surface area contributed by atoms with Crippen LogP contribution in [-0.2, 0) is 11.2 Å². The first-order valence-corrected chi connectivity index (χ1v) is 5.51. The molecule has 1 rings (SSSR count). The van der Waals surface area contributed by atoms with Crippen molar-refractivity contribution in [3.8, 4) is 6.07 Å². The van der Waals surface area contributed by atoms with E-state index in [9.17, 15) is 4.79 Å². The Kier molecular flexibility index (Phi) is 3.89. The van der Waals surface area contributed by atoms with Crippen molar-refractivity contribution in [1.29, 1.82) is 5.26 Å². The van der Waals surface area contributed by atoms with E-state index in [1.807, 2.05) is 28.7 Å². The molecular formula is C9H5BrINO2. The molecule has 1 N–H and O–H groups in total. The van der Waals surface area contributed by atoms with Gasteiger partial charge in [0.05, 0.1) is 12.0 Å². The molecule has 14 heavy (non-hydrogen) atoms. The number of carboxylic acid groups (broad SMARTS) is 1. The van der Waals surface area contributed by atoms with Gasteiger partial charge in [-0.1, -0.05) is 15.9 Å². The Morgan fingerprint density at radius 3 is 2.79 bits per heavy atom. The second-order valence-corrected chi connectivity index (χ2v) is 4.68. The standard InChI is InChI=1S/C9H5BrINO2/c10-6-1-5(2-9(13)14)7(4-12)8(11)3-6/h1,3H,2H2,(H,13,14). The molecule has 0 amide bonds. The Morgan fingerprint density at radius 2 is 2.29 bits per heavy atom. The molecule has 5 heteroatoms. The highest BCUT2D eigenvalue weighted by atomic mass is 127. The molecule has 0 bridgehead atoms. The highest BCUT2D eigenvalue weighted by Gasteiger charge is 2.10. The Hall–Kier alpha value is -0.610. The highest BCUT2D eigenvalue weighted by Crippen LogP contribution is 2.22. The van der Waals surface area contributed by atoms with Crippen molar-refractivity contribution in [2.24, 2.45) is 0 Å². The third-order valence-electron chi connectivity index (χ3n) is 1.59. The van der Waals surface area contributed by atoms with Crippen LogP contribution in [-0.4, -0.2) is 11.1 Å². The molecule has 0 heterocycles. The van der Waals surface area contributed by atoms with Crippen LogP contribution in [0.15, 0.2) is 16.6 Å². The first-order chi connectivity index (χ1) is 6.54. The molecule has 0 aliphatic rings. The van der Waals surface area contributed by atoms with E-state index < -0.39 is 5.97 Å². The second kappa shape index (κ2) is 4.75. The van der Waals surface area contributed by atoms with Crippen LogP contribution >= 0.6 is 38.5 Å². The van der Waals surface area contributed by atoms with Gasteiger partial charge in [0.15, 0.2) is 0 Å². The van der Waals surface area contributed by atoms with Gasteiger partial charge in [-0.15, -0.1) is 0 Å². The maximum Gasteiger partial charge on any atom is 0.307 e. The Labute approximate surface area is 103 Å². The second-order valence-electron chi connectivity index (χ2n) is 2.60. The number of rotatable bonds is 2. The van der Waals surface area contributed by atoms with Gasteiger partial charge in [-0.3, -0.25) is 4.79 Å². The van der Waals surface area contributed by atoms with Gasteiger partial charge in [-0.2, -0.15) is 5.26 Å². The summed E-state index contributed by atoms with van der Waals surface area (Å²) in [5, 5.41) is 17.5. The molecule has 0 saturated heterocycles. The van der Waals surface area contributed by atoms with E-state index >= 15 is 0 Å². The third kappa shape index (κ3) is 2.69. The number of hydrogen-bond donors (Lipinski definition) is 1. The number of carboxylic acids is 1. The van der Waals surface area contributed by atoms with Gasteiger partial charge in [0, 0.05) is 8.04 Å². The Bertz CT molecular complexity index is 426. The van der Waals surface area contributed by atoms with Gasteiger partial charge >= 0.3 is 5.97 Å². The monoisotopic (exact) mass is 365 g/mol. The van der Waals surface area contributed by atoms with E-state index in [2.05, 4.69) is 15.9 Å². The van der Waals surface area contributed by atoms with Crippen LogP contribution < -0.4 is 0 Å². The summed E-state index contributed by atoms with van der Waals surface area (Å²) in [5.41, 5.74) is 0.981. The summed E-state index contributed by atoms with van der Waals surface area (Å²) in [6.07, 6.45) is -0.127. The fraction of sp³-hybridized carbons (Fsp3) is 0.111. The zero-order valence-corrected chi connectivity index (χ0v) is 10.7. The summed E-state index contributed by atoms with van der Waals surface area (Å²) in [6, 6.07) is 5.45. The molecule has 0 radical (unpaired) electrons. The van der Waals surface area contributed by atoms with Crippen LogP contribution in [0.2, 0.25) is 0 Å². The van der Waals surface area contributed by atoms with Crippen molar-refractivity contribution in [2.45, 2.75) is 6.42 Å². The fourth-order valence-corrected chi connectivity index (χ4v) is 2.79. The van der Waals surface area contributed by atoms with Gasteiger partial charge in [-0.25, -0.2) is 0 Å². The molecule has 1 aromatic rings. The Balaban J connectivity index is 3.26. The van der Waals surface area contributed by atoms with Gasteiger partial charge in [0.1, 0.15) is 6.07 Å². The topological polar surface area (TPSA) is 61.1 Å². The maximum atomic E-state index is 10.5. The van der Waals surface area contributed by atoms with Gasteiger partial charge in [-0.05, 0) is 40.3 Å². The van der Waals surface area contributed by atoms with Crippen molar-refractivity contribution in [3.63, 3.8) is 0 Å². The normalized spacial score (nSPS) is 9.50. The minimum Gasteiger partial charge on any atom is -0.481 e. The molecular weight excluding hydrogens is 361 g/mol. The van der Waals surface area contributed by atoms with Crippen LogP contribution in [0.5, 0.6) is 0 Å². The molecule has 0 aliphatic heterocycles. The quantitative estimate of drug-likeness (QED) is 0.819. The summed E-state index contributed by atoms with van der Waals surface area (Å²) >= 11 is 5.27. The number of benzene rings is 1. The number of hydrogen-bond acceptors (Lipinski definition) is 2. The van der Waals surface area contributed by atoms with Crippen LogP contribution in [0, 0.1) is 14.9 Å². The minimum atomic E-state index is -0.935. The van der Waals surface area contributed by atoms with Crippen molar-refractivity contribution in [1.82, 2.24) is 0 Å². The zero-order chi connectivity index (χ0) is 10.7. The predicted octanol–water partition coefficient (Wildman–Crippen LogP) is 2.55. The van der Waals surface area contributed by atoms with Crippen molar-refractivity contribution >= 4 is 44.5 Å². The van der Waals surface area contributed by atoms with E-state index in [0.29, 0.717) is 11.1 Å². The number of nitrogens with zero attached hydrogens (tertiary/aromatic N) is 1. The lowest BCUT2D eigenvalue weighted by Gasteiger charge is -2.03. The maximum absolute atomic E-state index is 10.5. The summed E-state index contributed by atoms with van der Waals surface area (Å²) in [4.78, 5) is 10.5. The SMILES string of the molecule is N#Cc1c(I)cc(Br)cc1CC(=O)O. The van der Waals surface area contributed by atoms with Crippen LogP contribution in [0.3, 0.4) is 0 Å². The molecule has 0 atom stereocenters. The zero-order valence-electron chi connectivity index (χ0n) is 6.92. The number of carbonyl (C=O) groups is 1. The van der Waals surface area contributed by atoms with E-state index in [1.165, 1.54) is 0 Å². The molecule has 3 nitrogen and oxygen atoms in total. The van der Waals surface area contributed by atoms with Crippen LogP contribution in [0.4, 0.5) is 0 Å². The smallest absolute Gasteiger partial charge is 0.307 e. The predicted molar refractivity (Wildman–Crippen MR) is 62.9 cm³/mol. The lowest BCUT2D eigenvalue weighted by Crippen LogP contribution is -2.03. The molecule has 0 aliphatic carbocycles. The minimum absolute atomic E-state index is 0.127. The van der Waals surface area contributed by atoms with Gasteiger partial charge < -0.3 is 5.11 Å². The summed E-state index contributed by atoms with van der Waals surface area (Å²) in [5.74, 6) is -0.935. The van der Waals surface area contributed by atoms with Crippen LogP contribution in [0.25, 0.3) is 0 Å². The molecule has 1 aromatic carbocycles. The lowest BCUT2D eigenvalue weighted by molar-refractivity contribution is -0.136. The summed E-state index contributed by atoms with van der Waals surface area (Å²) in [6.45, 7) is 0. The molecule has 0 aromatic heterocycles. The number of aliphatic carboxylic acids is 1. The lowest BCUT2D eigenvalue weighted by atomic mass is 10.1. The molecule has 0 fully saturated rings. The van der Waals surface area contributed by atoms with Crippen LogP contribution in [0.1, 0.15) is 11.1 Å². The van der Waals surface area contributed by atoms with Gasteiger partial charge in [0.25, 0.3) is 0 Å². The summed E-state index contributed by atoms with van der Waals surface area (Å²) < 4.78 is 1.55. The molecule has 0 spiro atoms. The highest BCUT2D eigenvalue weighted by molar-refractivity contribution is 14.1. The average molecular weight is 366 g/mol. The molecule has 72 valence electrons. The fourth-order valence-electron chi connectivity index (χ4n) is 1.05. The first kappa shape index (κ1) is 11.5. The number of halogens is 2. The summed E-state index contributed by atoms with van der Waals surface area (Å²) in [7, 11) is 0. The van der Waals surface area contributed by atoms with E-state index in [1.54, 1.807) is 12.1 Å². The largest absolute Gasteiger partial charge is 0.481 e. The Morgan fingerprint density at radius 1 is 1.64 bits per heavy atom. The molecule has 0 saturated carbocycles. The number of nitriles is 1. The van der Waals surface area contributed by atoms with E-state index in [4.69, 9.17) is 10.4 Å². The van der Waals surface area contributed by atoms with Crippen molar-refractivity contribution < 1.29 is 9.90 Å². The van der Waals surface area contributed by atoms with Gasteiger partial charge in [0.2, 0.25) is 0 Å². The van der Waals surface area contributed by atoms with E-state index in [-0.39, 0.29) is 6.42 Å². The van der Waals surface area contributed by atoms with Crippen molar-refractivity contribution in [3.05, 3.63) is 31.3 Å².